The van der Waals surface area contributed by atoms with E-state index in [-0.39, 0.29) is 13.2 Å². The van der Waals surface area contributed by atoms with Crippen LogP contribution in [0.25, 0.3) is 0 Å². The summed E-state index contributed by atoms with van der Waals surface area (Å²) in [6, 6.07) is 4.24. The number of hydrogen-bond donors (Lipinski definition) is 3. The van der Waals surface area contributed by atoms with Gasteiger partial charge in [-0.05, 0) is 32.5 Å². The van der Waals surface area contributed by atoms with E-state index in [0.717, 1.165) is 17.5 Å². The van der Waals surface area contributed by atoms with Crippen LogP contribution in [0.2, 0.25) is 0 Å². The largest absolute Gasteiger partial charge is 0.507 e. The summed E-state index contributed by atoms with van der Waals surface area (Å²) in [6.45, 7) is 4.88. The minimum atomic E-state index is 0.112. The van der Waals surface area contributed by atoms with Crippen molar-refractivity contribution in [3.05, 3.63) is 28.8 Å². The fourth-order valence-electron chi connectivity index (χ4n) is 3.58. The summed E-state index contributed by atoms with van der Waals surface area (Å²) in [5.41, 5.74) is 3.11. The quantitative estimate of drug-likeness (QED) is 0.374. The number of aliphatic hydroxyl groups excluding tert-OH is 2. The lowest BCUT2D eigenvalue weighted by Gasteiger charge is -2.21. The fourth-order valence-corrected chi connectivity index (χ4v) is 3.58. The van der Waals surface area contributed by atoms with Crippen molar-refractivity contribution in [2.45, 2.75) is 71.4 Å². The second kappa shape index (κ2) is 14.8. The first-order valence-electron chi connectivity index (χ1n) is 10.9. The lowest BCUT2D eigenvalue weighted by atomic mass is 9.98. The second-order valence-corrected chi connectivity index (χ2v) is 8.06. The summed E-state index contributed by atoms with van der Waals surface area (Å²) in [7, 11) is 3.91. The van der Waals surface area contributed by atoms with Gasteiger partial charge in [0.15, 0.2) is 0 Å². The highest BCUT2D eigenvalue weighted by atomic mass is 16.3. The van der Waals surface area contributed by atoms with Gasteiger partial charge in [-0.1, -0.05) is 57.6 Å². The van der Waals surface area contributed by atoms with Crippen LogP contribution in [-0.4, -0.2) is 65.5 Å². The van der Waals surface area contributed by atoms with Gasteiger partial charge in [0.1, 0.15) is 5.75 Å². The molecule has 0 aromatic heterocycles. The summed E-state index contributed by atoms with van der Waals surface area (Å²) in [6.07, 6.45) is 10.1. The minimum absolute atomic E-state index is 0.112. The number of aryl methyl sites for hydroxylation is 1. The maximum atomic E-state index is 10.8. The molecule has 1 aromatic carbocycles. The lowest BCUT2D eigenvalue weighted by Crippen LogP contribution is -2.23. The van der Waals surface area contributed by atoms with Crippen LogP contribution in [-0.2, 0) is 19.5 Å². The Labute approximate surface area is 172 Å². The molecule has 0 aliphatic heterocycles. The molecule has 0 bridgehead atoms. The van der Waals surface area contributed by atoms with Crippen LogP contribution in [0.1, 0.15) is 68.6 Å². The fraction of sp³-hybridized carbons (Fsp3) is 0.739. The predicted octanol–water partition coefficient (Wildman–Crippen LogP) is 3.53. The molecule has 0 saturated carbocycles. The molecule has 0 saturated heterocycles. The Morgan fingerprint density at radius 2 is 1.21 bits per heavy atom. The van der Waals surface area contributed by atoms with Crippen molar-refractivity contribution in [3.63, 3.8) is 0 Å². The average Bonchev–Trinajstić information content (AvgIpc) is 2.65. The number of phenolic OH excluding ortho intramolecular Hbond substituents is 1. The molecular formula is C23H42N2O3. The van der Waals surface area contributed by atoms with Crippen molar-refractivity contribution >= 4 is 0 Å². The number of nitrogens with zero attached hydrogens (tertiary/aromatic N) is 2. The second-order valence-electron chi connectivity index (χ2n) is 8.06. The highest BCUT2D eigenvalue weighted by molar-refractivity contribution is 5.44. The molecule has 0 atom stereocenters. The number of aromatic hydroxyl groups is 1. The maximum Gasteiger partial charge on any atom is 0.124 e. The van der Waals surface area contributed by atoms with E-state index in [9.17, 15) is 5.11 Å². The molecule has 1 rings (SSSR count). The van der Waals surface area contributed by atoms with Crippen LogP contribution >= 0.6 is 0 Å². The van der Waals surface area contributed by atoms with Gasteiger partial charge in [-0.2, -0.15) is 0 Å². The standard InChI is InChI=1S/C23H42N2O3/c1-4-5-6-7-8-9-10-11-20-16-21(18-24(2)12-14-26)23(28)22(17-20)19-25(3)13-15-27/h16-17,26-28H,4-15,18-19H2,1-3H3. The Hall–Kier alpha value is -1.14. The topological polar surface area (TPSA) is 67.2 Å². The molecule has 0 heterocycles. The van der Waals surface area contributed by atoms with Crippen LogP contribution in [0.3, 0.4) is 0 Å². The first kappa shape index (κ1) is 24.9. The third-order valence-corrected chi connectivity index (χ3v) is 5.24. The number of hydrogen-bond acceptors (Lipinski definition) is 5. The molecule has 0 radical (unpaired) electrons. The summed E-state index contributed by atoms with van der Waals surface area (Å²) < 4.78 is 0. The first-order chi connectivity index (χ1) is 13.5. The van der Waals surface area contributed by atoms with Crippen molar-refractivity contribution < 1.29 is 15.3 Å². The van der Waals surface area contributed by atoms with E-state index < -0.39 is 0 Å². The van der Waals surface area contributed by atoms with Gasteiger partial charge < -0.3 is 15.3 Å². The number of phenols is 1. The van der Waals surface area contributed by atoms with Crippen molar-refractivity contribution in [1.82, 2.24) is 9.80 Å². The summed E-state index contributed by atoms with van der Waals surface area (Å²) >= 11 is 0. The zero-order valence-corrected chi connectivity index (χ0v) is 18.3. The van der Waals surface area contributed by atoms with E-state index in [2.05, 4.69) is 19.1 Å². The van der Waals surface area contributed by atoms with Gasteiger partial charge in [-0.3, -0.25) is 9.80 Å². The van der Waals surface area contributed by atoms with Gasteiger partial charge in [-0.15, -0.1) is 0 Å². The Balaban J connectivity index is 2.77. The number of rotatable bonds is 16. The molecule has 5 heteroatoms. The molecule has 28 heavy (non-hydrogen) atoms. The zero-order valence-electron chi connectivity index (χ0n) is 18.3. The first-order valence-corrected chi connectivity index (χ1v) is 10.9. The molecule has 0 fully saturated rings. The van der Waals surface area contributed by atoms with E-state index in [4.69, 9.17) is 10.2 Å². The third-order valence-electron chi connectivity index (χ3n) is 5.24. The van der Waals surface area contributed by atoms with Gasteiger partial charge in [0.05, 0.1) is 13.2 Å². The normalized spacial score (nSPS) is 11.7. The highest BCUT2D eigenvalue weighted by Gasteiger charge is 2.13. The number of benzene rings is 1. The minimum Gasteiger partial charge on any atom is -0.507 e. The van der Waals surface area contributed by atoms with Crippen LogP contribution in [0.5, 0.6) is 5.75 Å². The highest BCUT2D eigenvalue weighted by Crippen LogP contribution is 2.28. The van der Waals surface area contributed by atoms with Gasteiger partial charge in [0.2, 0.25) is 0 Å². The molecule has 0 amide bonds. The number of unbranched alkanes of at least 4 members (excludes halogenated alkanes) is 6. The SMILES string of the molecule is CCCCCCCCCc1cc(CN(C)CCO)c(O)c(CN(C)CCO)c1. The van der Waals surface area contributed by atoms with Crippen LogP contribution in [0.15, 0.2) is 12.1 Å². The molecule has 1 aromatic rings. The average molecular weight is 395 g/mol. The Bertz CT molecular complexity index is 502. The Kier molecular flexibility index (Phi) is 13.2. The summed E-state index contributed by atoms with van der Waals surface area (Å²) in [5, 5.41) is 29.1. The van der Waals surface area contributed by atoms with Crippen molar-refractivity contribution in [3.8, 4) is 5.75 Å². The van der Waals surface area contributed by atoms with E-state index in [0.29, 0.717) is 31.9 Å². The Morgan fingerprint density at radius 1 is 0.750 bits per heavy atom. The van der Waals surface area contributed by atoms with Gasteiger partial charge >= 0.3 is 0 Å². The predicted molar refractivity (Wildman–Crippen MR) is 117 cm³/mol. The van der Waals surface area contributed by atoms with Crippen LogP contribution in [0, 0.1) is 0 Å². The van der Waals surface area contributed by atoms with Gasteiger partial charge in [0, 0.05) is 37.3 Å². The molecular weight excluding hydrogens is 352 g/mol. The van der Waals surface area contributed by atoms with Gasteiger partial charge in [0.25, 0.3) is 0 Å². The smallest absolute Gasteiger partial charge is 0.124 e. The molecule has 0 unspecified atom stereocenters. The third kappa shape index (κ3) is 9.87. The number of aliphatic hydroxyl groups is 2. The van der Waals surface area contributed by atoms with Crippen LogP contribution in [0.4, 0.5) is 0 Å². The molecule has 5 nitrogen and oxygen atoms in total. The van der Waals surface area contributed by atoms with Gasteiger partial charge in [-0.25, -0.2) is 0 Å². The molecule has 0 aliphatic carbocycles. The summed E-state index contributed by atoms with van der Waals surface area (Å²) in [4.78, 5) is 4.04. The Morgan fingerprint density at radius 3 is 1.68 bits per heavy atom. The van der Waals surface area contributed by atoms with Crippen molar-refractivity contribution in [2.75, 3.05) is 40.4 Å². The molecule has 0 spiro atoms. The molecule has 3 N–H and O–H groups in total. The van der Waals surface area contributed by atoms with Crippen LogP contribution < -0.4 is 0 Å². The lowest BCUT2D eigenvalue weighted by molar-refractivity contribution is 0.213. The number of likely N-dealkylation sites (N-methyl/N-ethyl adjacent to an activating group) is 2. The summed E-state index contributed by atoms with van der Waals surface area (Å²) in [5.74, 6) is 0.345. The van der Waals surface area contributed by atoms with Crippen molar-refractivity contribution in [2.24, 2.45) is 0 Å². The van der Waals surface area contributed by atoms with Crippen molar-refractivity contribution in [1.29, 1.82) is 0 Å². The molecule has 0 aliphatic rings. The van der Waals surface area contributed by atoms with E-state index in [1.165, 1.54) is 50.5 Å². The molecule has 162 valence electrons. The van der Waals surface area contributed by atoms with E-state index in [1.54, 1.807) is 0 Å². The monoisotopic (exact) mass is 394 g/mol. The maximum absolute atomic E-state index is 10.8. The van der Waals surface area contributed by atoms with E-state index in [1.807, 2.05) is 23.9 Å². The van der Waals surface area contributed by atoms with E-state index >= 15 is 0 Å². The zero-order chi connectivity index (χ0) is 20.8.